The average Bonchev–Trinajstić information content (AvgIpc) is 3.33. The van der Waals surface area contributed by atoms with Crippen molar-refractivity contribution in [3.8, 4) is 5.75 Å². The van der Waals surface area contributed by atoms with Gasteiger partial charge in [-0.05, 0) is 43.5 Å². The number of carboxylic acid groups (broad SMARTS) is 1. The Morgan fingerprint density at radius 2 is 1.66 bits per heavy atom. The van der Waals surface area contributed by atoms with E-state index in [1.54, 1.807) is 44.2 Å². The number of esters is 1. The van der Waals surface area contributed by atoms with Crippen molar-refractivity contribution in [3.63, 3.8) is 0 Å². The maximum atomic E-state index is 12.3. The first-order chi connectivity index (χ1) is 22.4. The van der Waals surface area contributed by atoms with Gasteiger partial charge in [0.25, 0.3) is 0 Å². The zero-order chi connectivity index (χ0) is 34.3. The van der Waals surface area contributed by atoms with Gasteiger partial charge in [0.15, 0.2) is 5.71 Å². The number of ether oxygens (including phenoxy) is 2. The van der Waals surface area contributed by atoms with Crippen LogP contribution in [0.5, 0.6) is 5.75 Å². The lowest BCUT2D eigenvalue weighted by atomic mass is 9.95. The molecule has 2 fully saturated rings. The number of thioether (sulfide) groups is 1. The van der Waals surface area contributed by atoms with Crippen molar-refractivity contribution < 1.29 is 38.6 Å². The molecule has 0 aromatic heterocycles. The number of β-lactam (4-membered cyclic amide) rings is 1. The minimum Gasteiger partial charge on any atom is -0.489 e. The second-order valence-corrected chi connectivity index (χ2v) is 13.1. The first-order valence-electron chi connectivity index (χ1n) is 14.7. The predicted octanol–water partition coefficient (Wildman–Crippen LogP) is 3.42. The number of carbonyl (C=O) groups is 4. The number of carboxylic acids is 1. The van der Waals surface area contributed by atoms with Gasteiger partial charge in [0.2, 0.25) is 11.8 Å². The fourth-order valence-corrected chi connectivity index (χ4v) is 6.96. The third-order valence-corrected chi connectivity index (χ3v) is 9.30. The van der Waals surface area contributed by atoms with Gasteiger partial charge in [-0.1, -0.05) is 78.0 Å². The van der Waals surface area contributed by atoms with E-state index in [0.717, 1.165) is 16.9 Å². The van der Waals surface area contributed by atoms with Gasteiger partial charge < -0.3 is 35.4 Å². The van der Waals surface area contributed by atoms with Gasteiger partial charge in [0.05, 0.1) is 7.11 Å². The summed E-state index contributed by atoms with van der Waals surface area (Å²) in [6.45, 7) is 5.86. The highest BCUT2D eigenvalue weighted by molar-refractivity contribution is 8.01. The molecule has 2 amide bonds. The second-order valence-electron chi connectivity index (χ2n) is 11.3. The van der Waals surface area contributed by atoms with Crippen molar-refractivity contribution in [2.24, 2.45) is 10.9 Å². The first kappa shape index (κ1) is 35.0. The van der Waals surface area contributed by atoms with Gasteiger partial charge in [0.1, 0.15) is 43.0 Å². The van der Waals surface area contributed by atoms with Gasteiger partial charge in [-0.25, -0.2) is 9.59 Å². The Morgan fingerprint density at radius 3 is 2.30 bits per heavy atom. The summed E-state index contributed by atoms with van der Waals surface area (Å²) in [4.78, 5) is 54.1. The molecule has 13 heteroatoms. The molecule has 4 atom stereocenters. The van der Waals surface area contributed by atoms with Crippen molar-refractivity contribution in [1.82, 2.24) is 10.2 Å². The Balaban J connectivity index is 0.000000213. The number of para-hydroxylation sites is 1. The predicted molar refractivity (Wildman–Crippen MR) is 177 cm³/mol. The van der Waals surface area contributed by atoms with Crippen LogP contribution in [-0.2, 0) is 35.4 Å². The lowest BCUT2D eigenvalue weighted by molar-refractivity contribution is -0.161. The molecule has 0 spiro atoms. The zero-order valence-electron chi connectivity index (χ0n) is 26.7. The van der Waals surface area contributed by atoms with E-state index in [4.69, 9.17) is 20.0 Å². The minimum atomic E-state index is -1.03. The molecular weight excluding hydrogens is 624 g/mol. The number of oxime groups is 1. The van der Waals surface area contributed by atoms with E-state index < -0.39 is 40.7 Å². The lowest BCUT2D eigenvalue weighted by Crippen LogP contribution is -2.71. The van der Waals surface area contributed by atoms with E-state index in [-0.39, 0.29) is 17.0 Å². The fourth-order valence-electron chi connectivity index (χ4n) is 5.34. The summed E-state index contributed by atoms with van der Waals surface area (Å²) >= 11 is 1.38. The third-order valence-electron chi connectivity index (χ3n) is 7.72. The molecule has 4 N–H and O–H groups in total. The van der Waals surface area contributed by atoms with Gasteiger partial charge in [-0.15, -0.1) is 11.8 Å². The van der Waals surface area contributed by atoms with E-state index in [2.05, 4.69) is 10.5 Å². The van der Waals surface area contributed by atoms with Crippen molar-refractivity contribution in [2.75, 3.05) is 14.2 Å². The number of aryl methyl sites for hydroxylation is 1. The van der Waals surface area contributed by atoms with Gasteiger partial charge in [-0.3, -0.25) is 9.59 Å². The molecule has 0 radical (unpaired) electrons. The SMILES string of the molecule is CC1(C)S[C@@H]2[C@H](NC(=O)[C@H](N)c3ccccc3)C(=O)N2[C@H]1C(=O)O.CO/N=C(/C(=O)OC)c1ccccc1COc1ccccc1C. The van der Waals surface area contributed by atoms with E-state index in [0.29, 0.717) is 17.7 Å². The van der Waals surface area contributed by atoms with Gasteiger partial charge in [0, 0.05) is 10.3 Å². The Morgan fingerprint density at radius 1 is 1.02 bits per heavy atom. The van der Waals surface area contributed by atoms with Crippen LogP contribution in [0.4, 0.5) is 0 Å². The molecule has 0 bridgehead atoms. The van der Waals surface area contributed by atoms with Crippen LogP contribution < -0.4 is 15.8 Å². The molecule has 2 heterocycles. The number of hydrogen-bond acceptors (Lipinski definition) is 10. The summed E-state index contributed by atoms with van der Waals surface area (Å²) < 4.78 is 10.0. The summed E-state index contributed by atoms with van der Waals surface area (Å²) in [5, 5.41) is 15.5. The molecule has 0 unspecified atom stereocenters. The monoisotopic (exact) mass is 662 g/mol. The molecule has 0 saturated carbocycles. The van der Waals surface area contributed by atoms with Gasteiger partial charge >= 0.3 is 11.9 Å². The van der Waals surface area contributed by atoms with E-state index >= 15 is 0 Å². The number of nitrogens with zero attached hydrogens (tertiary/aromatic N) is 2. The number of fused-ring (bicyclic) bond motifs is 1. The molecule has 2 saturated heterocycles. The highest BCUT2D eigenvalue weighted by Crippen LogP contribution is 2.50. The number of aliphatic carboxylic acids is 1. The van der Waals surface area contributed by atoms with Crippen LogP contribution in [0, 0.1) is 6.92 Å². The van der Waals surface area contributed by atoms with Crippen molar-refractivity contribution in [2.45, 2.75) is 55.6 Å². The number of hydrogen-bond donors (Lipinski definition) is 3. The Bertz CT molecular complexity index is 1650. The number of nitrogens with one attached hydrogen (secondary N) is 1. The molecule has 3 aromatic carbocycles. The highest BCUT2D eigenvalue weighted by atomic mass is 32.2. The fraction of sp³-hybridized carbons (Fsp3) is 0.324. The number of amides is 2. The van der Waals surface area contributed by atoms with E-state index in [9.17, 15) is 24.3 Å². The number of rotatable bonds is 10. The summed E-state index contributed by atoms with van der Waals surface area (Å²) in [5.74, 6) is -1.62. The van der Waals surface area contributed by atoms with E-state index in [1.165, 1.54) is 30.9 Å². The first-order valence-corrected chi connectivity index (χ1v) is 15.6. The molecule has 0 aliphatic carbocycles. The van der Waals surface area contributed by atoms with Crippen LogP contribution in [0.1, 0.15) is 42.1 Å². The van der Waals surface area contributed by atoms with Crippen molar-refractivity contribution in [3.05, 3.63) is 101 Å². The summed E-state index contributed by atoms with van der Waals surface area (Å²) in [5.41, 5.74) is 9.19. The van der Waals surface area contributed by atoms with Crippen LogP contribution in [0.2, 0.25) is 0 Å². The number of benzene rings is 3. The zero-order valence-corrected chi connectivity index (χ0v) is 27.5. The molecule has 47 heavy (non-hydrogen) atoms. The topological polar surface area (TPSA) is 170 Å². The summed E-state index contributed by atoms with van der Waals surface area (Å²) in [6, 6.07) is 21.5. The second kappa shape index (κ2) is 15.1. The maximum Gasteiger partial charge on any atom is 0.360 e. The molecule has 2 aliphatic rings. The molecule has 5 rings (SSSR count). The Kier molecular flexibility index (Phi) is 11.3. The van der Waals surface area contributed by atoms with Gasteiger partial charge in [-0.2, -0.15) is 0 Å². The van der Waals surface area contributed by atoms with Crippen molar-refractivity contribution in [1.29, 1.82) is 0 Å². The highest BCUT2D eigenvalue weighted by Gasteiger charge is 2.64. The standard InChI is InChI=1S/C18H19NO4.C16H19N3O4S/c1-13-8-4-7-11-16(13)23-12-14-9-5-6-10-15(14)17(19-22-3)18(20)21-2;1-16(2)11(15(22)23)19-13(21)10(14(19)24-16)18-12(20)9(17)8-6-4-3-5-7-8/h4-11H,12H2,1-3H3;3-7,9-11,14H,17H2,1-2H3,(H,18,20)(H,22,23)/b19-17+;/t;9-,10-,11+,14-/m.1/s1. The Hall–Kier alpha value is -4.88. The number of carbonyl (C=O) groups excluding carboxylic acids is 3. The number of nitrogens with two attached hydrogens (primary N) is 1. The van der Waals surface area contributed by atoms with Crippen LogP contribution >= 0.6 is 11.8 Å². The normalized spacial score (nSPS) is 20.0. The van der Waals surface area contributed by atoms with Crippen LogP contribution in [0.25, 0.3) is 0 Å². The third kappa shape index (κ3) is 7.75. The average molecular weight is 663 g/mol. The molecular formula is C34H38N4O8S. The van der Waals surface area contributed by atoms with Crippen LogP contribution in [0.3, 0.4) is 0 Å². The van der Waals surface area contributed by atoms with Crippen LogP contribution in [-0.4, -0.2) is 75.9 Å². The lowest BCUT2D eigenvalue weighted by Gasteiger charge is -2.43. The summed E-state index contributed by atoms with van der Waals surface area (Å²) in [7, 11) is 2.69. The van der Waals surface area contributed by atoms with Crippen LogP contribution in [0.15, 0.2) is 84.0 Å². The van der Waals surface area contributed by atoms with E-state index in [1.807, 2.05) is 55.5 Å². The molecule has 2 aliphatic heterocycles. The molecule has 248 valence electrons. The summed E-state index contributed by atoms with van der Waals surface area (Å²) in [6.07, 6.45) is 0. The largest absolute Gasteiger partial charge is 0.489 e. The Labute approximate surface area is 277 Å². The van der Waals surface area contributed by atoms with Crippen molar-refractivity contribution >= 4 is 41.2 Å². The molecule has 3 aromatic rings. The maximum absolute atomic E-state index is 12.3. The minimum absolute atomic E-state index is 0.110. The number of methoxy groups -OCH3 is 1. The molecule has 12 nitrogen and oxygen atoms in total. The quantitative estimate of drug-likeness (QED) is 0.127. The smallest absolute Gasteiger partial charge is 0.360 e.